The molecule has 0 radical (unpaired) electrons. The van der Waals surface area contributed by atoms with Crippen molar-refractivity contribution >= 4 is 33.3 Å². The Balaban J connectivity index is 2.32. The molecule has 0 fully saturated rings. The summed E-state index contributed by atoms with van der Waals surface area (Å²) < 4.78 is 26.6. The monoisotopic (exact) mass is 330 g/mol. The van der Waals surface area contributed by atoms with Crippen LogP contribution >= 0.6 is 15.9 Å². The molecule has 0 bridgehead atoms. The smallest absolute Gasteiger partial charge is 0.261 e. The molecule has 2 rings (SSSR count). The van der Waals surface area contributed by atoms with Crippen LogP contribution in [0.3, 0.4) is 0 Å². The number of H-pyrrole nitrogens is 1. The Labute approximate surface area is 115 Å². The third-order valence-electron chi connectivity index (χ3n) is 2.46. The van der Waals surface area contributed by atoms with Gasteiger partial charge in [0.05, 0.1) is 10.2 Å². The number of aryl methyl sites for hydroxylation is 1. The highest BCUT2D eigenvalue weighted by Gasteiger charge is 2.18. The Kier molecular flexibility index (Phi) is 3.52. The quantitative estimate of drug-likeness (QED) is 0.740. The Morgan fingerprint density at radius 3 is 2.68 bits per heavy atom. The van der Waals surface area contributed by atoms with Gasteiger partial charge in [-0.2, -0.15) is 5.10 Å². The predicted octanol–water partition coefficient (Wildman–Crippen LogP) is 2.59. The van der Waals surface area contributed by atoms with Gasteiger partial charge >= 0.3 is 0 Å². The third-order valence-corrected chi connectivity index (χ3v) is 3.07. The molecule has 0 saturated carbocycles. The normalized spacial score (nSPS) is 10.5. The maximum absolute atomic E-state index is 13.5. The standard InChI is InChI=1S/C11H9BrF2N4O/c1-4-9(10(15)18-17-4)11(19)16-8-2-5(12)6(13)3-7(8)14/h2-3H,1H3,(H,16,19)(H3,15,17,18). The van der Waals surface area contributed by atoms with Gasteiger partial charge in [0.15, 0.2) is 5.82 Å². The molecule has 1 amide bonds. The highest BCUT2D eigenvalue weighted by molar-refractivity contribution is 9.10. The second kappa shape index (κ2) is 4.96. The van der Waals surface area contributed by atoms with Crippen LogP contribution in [0.5, 0.6) is 0 Å². The lowest BCUT2D eigenvalue weighted by molar-refractivity contribution is 0.102. The molecule has 1 heterocycles. The van der Waals surface area contributed by atoms with Crippen molar-refractivity contribution in [1.29, 1.82) is 0 Å². The fourth-order valence-electron chi connectivity index (χ4n) is 1.54. The van der Waals surface area contributed by atoms with E-state index in [0.717, 1.165) is 6.07 Å². The van der Waals surface area contributed by atoms with Gasteiger partial charge in [-0.25, -0.2) is 8.78 Å². The van der Waals surface area contributed by atoms with Crippen molar-refractivity contribution in [2.24, 2.45) is 0 Å². The van der Waals surface area contributed by atoms with E-state index in [9.17, 15) is 13.6 Å². The molecule has 0 saturated heterocycles. The average Bonchev–Trinajstić information content (AvgIpc) is 2.66. The minimum atomic E-state index is -0.881. The minimum Gasteiger partial charge on any atom is -0.382 e. The highest BCUT2D eigenvalue weighted by atomic mass is 79.9. The van der Waals surface area contributed by atoms with E-state index >= 15 is 0 Å². The molecule has 2 aromatic rings. The van der Waals surface area contributed by atoms with Gasteiger partial charge in [-0.3, -0.25) is 9.89 Å². The van der Waals surface area contributed by atoms with E-state index < -0.39 is 17.5 Å². The number of hydrogen-bond acceptors (Lipinski definition) is 3. The number of nitrogen functional groups attached to an aromatic ring is 1. The van der Waals surface area contributed by atoms with E-state index in [2.05, 4.69) is 31.4 Å². The van der Waals surface area contributed by atoms with E-state index in [4.69, 9.17) is 5.73 Å². The fraction of sp³-hybridized carbons (Fsp3) is 0.0909. The largest absolute Gasteiger partial charge is 0.382 e. The summed E-state index contributed by atoms with van der Waals surface area (Å²) in [5, 5.41) is 8.51. The SMILES string of the molecule is Cc1[nH]nc(N)c1C(=O)Nc1cc(Br)c(F)cc1F. The van der Waals surface area contributed by atoms with Gasteiger partial charge in [0.1, 0.15) is 17.2 Å². The van der Waals surface area contributed by atoms with Crippen molar-refractivity contribution in [2.75, 3.05) is 11.1 Å². The Hall–Kier alpha value is -1.96. The molecule has 0 unspecified atom stereocenters. The van der Waals surface area contributed by atoms with Crippen LogP contribution in [0.15, 0.2) is 16.6 Å². The summed E-state index contributed by atoms with van der Waals surface area (Å²) in [6.45, 7) is 1.61. The summed E-state index contributed by atoms with van der Waals surface area (Å²) in [5.41, 5.74) is 5.95. The molecule has 1 aromatic heterocycles. The lowest BCUT2D eigenvalue weighted by atomic mass is 10.2. The molecular weight excluding hydrogens is 322 g/mol. The molecule has 5 nitrogen and oxygen atoms in total. The fourth-order valence-corrected chi connectivity index (χ4v) is 1.88. The van der Waals surface area contributed by atoms with E-state index in [1.807, 2.05) is 0 Å². The van der Waals surface area contributed by atoms with Crippen LogP contribution in [-0.2, 0) is 0 Å². The zero-order valence-electron chi connectivity index (χ0n) is 9.72. The van der Waals surface area contributed by atoms with Crippen molar-refractivity contribution in [3.8, 4) is 0 Å². The summed E-state index contributed by atoms with van der Waals surface area (Å²) in [7, 11) is 0. The average molecular weight is 331 g/mol. The van der Waals surface area contributed by atoms with Crippen LogP contribution in [0.25, 0.3) is 0 Å². The maximum atomic E-state index is 13.5. The van der Waals surface area contributed by atoms with Crippen molar-refractivity contribution < 1.29 is 13.6 Å². The number of benzene rings is 1. The van der Waals surface area contributed by atoms with E-state index in [1.165, 1.54) is 0 Å². The van der Waals surface area contributed by atoms with Crippen LogP contribution in [0.1, 0.15) is 16.1 Å². The van der Waals surface area contributed by atoms with Gasteiger partial charge in [-0.15, -0.1) is 0 Å². The molecule has 19 heavy (non-hydrogen) atoms. The second-order valence-corrected chi connectivity index (χ2v) is 4.66. The number of nitrogens with one attached hydrogen (secondary N) is 2. The number of anilines is 2. The summed E-state index contributed by atoms with van der Waals surface area (Å²) in [4.78, 5) is 11.9. The minimum absolute atomic E-state index is 0.0107. The molecular formula is C11H9BrF2N4O. The Morgan fingerprint density at radius 1 is 1.42 bits per heavy atom. The number of aromatic nitrogens is 2. The van der Waals surface area contributed by atoms with E-state index in [-0.39, 0.29) is 21.5 Å². The number of amides is 1. The van der Waals surface area contributed by atoms with Crippen LogP contribution in [0, 0.1) is 18.6 Å². The topological polar surface area (TPSA) is 83.8 Å². The predicted molar refractivity (Wildman–Crippen MR) is 69.7 cm³/mol. The summed E-state index contributed by atoms with van der Waals surface area (Å²) in [5.74, 6) is -2.25. The third kappa shape index (κ3) is 2.58. The number of nitrogens with zero attached hydrogens (tertiary/aromatic N) is 1. The summed E-state index contributed by atoms with van der Waals surface area (Å²) in [6, 6.07) is 1.81. The lowest BCUT2D eigenvalue weighted by Crippen LogP contribution is -2.15. The number of rotatable bonds is 2. The maximum Gasteiger partial charge on any atom is 0.261 e. The van der Waals surface area contributed by atoms with E-state index in [0.29, 0.717) is 11.8 Å². The number of hydrogen-bond donors (Lipinski definition) is 3. The molecule has 0 aliphatic carbocycles. The molecule has 0 atom stereocenters. The second-order valence-electron chi connectivity index (χ2n) is 3.81. The van der Waals surface area contributed by atoms with Crippen LogP contribution in [0.2, 0.25) is 0 Å². The van der Waals surface area contributed by atoms with Crippen molar-refractivity contribution in [2.45, 2.75) is 6.92 Å². The van der Waals surface area contributed by atoms with Gasteiger partial charge in [-0.05, 0) is 28.9 Å². The zero-order valence-corrected chi connectivity index (χ0v) is 11.3. The number of aromatic amines is 1. The van der Waals surface area contributed by atoms with Crippen LogP contribution in [-0.4, -0.2) is 16.1 Å². The van der Waals surface area contributed by atoms with Gasteiger partial charge in [0.2, 0.25) is 0 Å². The molecule has 0 aliphatic heterocycles. The van der Waals surface area contributed by atoms with Crippen molar-refractivity contribution in [3.63, 3.8) is 0 Å². The first-order chi connectivity index (χ1) is 8.90. The molecule has 4 N–H and O–H groups in total. The number of nitrogens with two attached hydrogens (primary N) is 1. The molecule has 1 aromatic carbocycles. The molecule has 0 aliphatic rings. The highest BCUT2D eigenvalue weighted by Crippen LogP contribution is 2.24. The first-order valence-electron chi connectivity index (χ1n) is 5.16. The van der Waals surface area contributed by atoms with Crippen LogP contribution in [0.4, 0.5) is 20.3 Å². The van der Waals surface area contributed by atoms with Gasteiger partial charge in [-0.1, -0.05) is 0 Å². The van der Waals surface area contributed by atoms with Crippen molar-refractivity contribution in [3.05, 3.63) is 39.5 Å². The lowest BCUT2D eigenvalue weighted by Gasteiger charge is -2.07. The van der Waals surface area contributed by atoms with Crippen LogP contribution < -0.4 is 11.1 Å². The Morgan fingerprint density at radius 2 is 2.11 bits per heavy atom. The Bertz CT molecular complexity index is 637. The first kappa shape index (κ1) is 13.5. The number of carbonyl (C=O) groups is 1. The summed E-state index contributed by atoms with van der Waals surface area (Å²) >= 11 is 2.91. The summed E-state index contributed by atoms with van der Waals surface area (Å²) in [6.07, 6.45) is 0. The number of carbonyl (C=O) groups excluding carboxylic acids is 1. The number of halogens is 3. The molecule has 8 heteroatoms. The molecule has 100 valence electrons. The zero-order chi connectivity index (χ0) is 14.2. The first-order valence-corrected chi connectivity index (χ1v) is 5.95. The van der Waals surface area contributed by atoms with Gasteiger partial charge < -0.3 is 11.1 Å². The van der Waals surface area contributed by atoms with E-state index in [1.54, 1.807) is 6.92 Å². The van der Waals surface area contributed by atoms with Gasteiger partial charge in [0.25, 0.3) is 5.91 Å². The van der Waals surface area contributed by atoms with Crippen molar-refractivity contribution in [1.82, 2.24) is 10.2 Å². The molecule has 0 spiro atoms. The van der Waals surface area contributed by atoms with Gasteiger partial charge in [0, 0.05) is 11.8 Å².